The third kappa shape index (κ3) is 7.29. The second kappa shape index (κ2) is 12.3. The molecule has 1 unspecified atom stereocenters. The summed E-state index contributed by atoms with van der Waals surface area (Å²) in [5.74, 6) is -64.9. The van der Waals surface area contributed by atoms with Crippen molar-refractivity contribution in [3.63, 3.8) is 0 Å². The van der Waals surface area contributed by atoms with Crippen LogP contribution in [0.2, 0.25) is 0 Å². The zero-order valence-corrected chi connectivity index (χ0v) is 20.5. The molecule has 0 rings (SSSR count). The lowest BCUT2D eigenvalue weighted by Crippen LogP contribution is -2.69. The fourth-order valence-corrected chi connectivity index (χ4v) is 2.94. The summed E-state index contributed by atoms with van der Waals surface area (Å²) >= 11 is 0. The molecule has 28 heteroatoms. The first kappa shape index (κ1) is 41.4. The second-order valence-corrected chi connectivity index (χ2v) is 9.63. The van der Waals surface area contributed by atoms with Crippen LogP contribution in [0.4, 0.5) is 87.8 Å². The third-order valence-corrected chi connectivity index (χ3v) is 5.96. The summed E-state index contributed by atoms with van der Waals surface area (Å²) in [6.45, 7) is -7.15. The summed E-state index contributed by atoms with van der Waals surface area (Å²) in [5.41, 5.74) is 0. The van der Waals surface area contributed by atoms with E-state index in [2.05, 4.69) is 9.47 Å². The molecule has 1 atom stereocenters. The summed E-state index contributed by atoms with van der Waals surface area (Å²) in [6.07, 6.45) is -14.0. The van der Waals surface area contributed by atoms with Crippen molar-refractivity contribution >= 4 is 22.1 Å². The van der Waals surface area contributed by atoms with Gasteiger partial charge in [0.05, 0.1) is 6.42 Å². The molecule has 0 aromatic heterocycles. The molecule has 44 heavy (non-hydrogen) atoms. The van der Waals surface area contributed by atoms with E-state index in [0.29, 0.717) is 0 Å². The first-order chi connectivity index (χ1) is 19.0. The Kier molecular flexibility index (Phi) is 11.6. The Morgan fingerprint density at radius 2 is 0.909 bits per heavy atom. The van der Waals surface area contributed by atoms with E-state index in [1.807, 2.05) is 0 Å². The molecule has 0 bridgehead atoms. The van der Waals surface area contributed by atoms with Gasteiger partial charge in [-0.3, -0.25) is 14.1 Å². The van der Waals surface area contributed by atoms with Gasteiger partial charge >= 0.3 is 72.2 Å². The molecule has 0 amide bonds. The highest BCUT2D eigenvalue weighted by Crippen LogP contribution is 2.58. The number of carbonyl (C=O) groups is 2. The Balaban J connectivity index is 5.96. The van der Waals surface area contributed by atoms with Gasteiger partial charge in [-0.25, -0.2) is 17.6 Å². The van der Waals surface area contributed by atoms with Crippen LogP contribution in [-0.4, -0.2) is 104 Å². The topological polar surface area (TPSA) is 107 Å². The van der Waals surface area contributed by atoms with E-state index in [-0.39, 0.29) is 0 Å². The summed E-state index contributed by atoms with van der Waals surface area (Å²) in [4.78, 5) is 23.0. The SMILES string of the molecule is O=C(CC(C(=O)OCC(F)(F)C(F)(F)C(F)(F)C(F)(F)C(F)(F)C(F)F)S(=O)(=O)O)OCC(F)(F)C(F)(F)C(F)(F)C(F)F. The van der Waals surface area contributed by atoms with E-state index in [1.54, 1.807) is 0 Å². The van der Waals surface area contributed by atoms with E-state index in [9.17, 15) is 106 Å². The smallest absolute Gasteiger partial charge is 0.384 e. The Hall–Kier alpha value is -2.55. The van der Waals surface area contributed by atoms with Gasteiger partial charge in [0.15, 0.2) is 18.5 Å². The van der Waals surface area contributed by atoms with Crippen LogP contribution in [0.15, 0.2) is 0 Å². The highest BCUT2D eigenvalue weighted by Gasteiger charge is 2.88. The maximum atomic E-state index is 13.7. The first-order valence-corrected chi connectivity index (χ1v) is 11.4. The van der Waals surface area contributed by atoms with Crippen LogP contribution < -0.4 is 0 Å². The van der Waals surface area contributed by atoms with Gasteiger partial charge in [0, 0.05) is 0 Å². The monoisotopic (exact) mass is 726 g/mol. The zero-order valence-electron chi connectivity index (χ0n) is 19.7. The number of hydrogen-bond acceptors (Lipinski definition) is 6. The molecule has 262 valence electrons. The van der Waals surface area contributed by atoms with Crippen molar-refractivity contribution < 1.29 is 120 Å². The van der Waals surface area contributed by atoms with Crippen LogP contribution in [0.25, 0.3) is 0 Å². The van der Waals surface area contributed by atoms with Crippen molar-refractivity contribution in [2.45, 2.75) is 71.9 Å². The molecule has 0 heterocycles. The predicted octanol–water partition coefficient (Wildman–Crippen LogP) is 5.33. The Morgan fingerprint density at radius 3 is 1.27 bits per heavy atom. The summed E-state index contributed by atoms with van der Waals surface area (Å²) in [5, 5.41) is -3.90. The van der Waals surface area contributed by atoms with Crippen LogP contribution >= 0.6 is 0 Å². The van der Waals surface area contributed by atoms with Crippen LogP contribution in [0.3, 0.4) is 0 Å². The van der Waals surface area contributed by atoms with Crippen molar-refractivity contribution in [3.8, 4) is 0 Å². The quantitative estimate of drug-likeness (QED) is 0.130. The molecule has 0 aromatic rings. The number of rotatable bonds is 16. The van der Waals surface area contributed by atoms with Crippen LogP contribution in [0.1, 0.15) is 6.42 Å². The van der Waals surface area contributed by atoms with Gasteiger partial charge in [0.25, 0.3) is 10.1 Å². The maximum Gasteiger partial charge on any atom is 0.384 e. The first-order valence-electron chi connectivity index (χ1n) is 9.88. The summed E-state index contributed by atoms with van der Waals surface area (Å²) in [7, 11) is -6.37. The van der Waals surface area contributed by atoms with Gasteiger partial charge in [-0.05, 0) is 0 Å². The summed E-state index contributed by atoms with van der Waals surface area (Å²) < 4.78 is 297. The lowest BCUT2D eigenvalue weighted by Gasteiger charge is -2.38. The number of carbonyl (C=O) groups excluding carboxylic acids is 2. The lowest BCUT2D eigenvalue weighted by molar-refractivity contribution is -0.414. The molecule has 7 nitrogen and oxygen atoms in total. The molecule has 0 aliphatic rings. The molecule has 0 aliphatic heterocycles. The second-order valence-electron chi connectivity index (χ2n) is 8.03. The van der Waals surface area contributed by atoms with Crippen molar-refractivity contribution in [1.29, 1.82) is 0 Å². The molecular weight excluding hydrogens is 716 g/mol. The number of alkyl halides is 20. The fourth-order valence-electron chi connectivity index (χ4n) is 2.28. The highest BCUT2D eigenvalue weighted by atomic mass is 32.2. The van der Waals surface area contributed by atoms with Crippen molar-refractivity contribution in [3.05, 3.63) is 0 Å². The average Bonchev–Trinajstić information content (AvgIpc) is 2.82. The molecule has 0 saturated carbocycles. The molecule has 1 N–H and O–H groups in total. The molecule has 0 saturated heterocycles. The van der Waals surface area contributed by atoms with E-state index in [1.165, 1.54) is 0 Å². The van der Waals surface area contributed by atoms with Crippen LogP contribution in [-0.2, 0) is 29.2 Å². The highest BCUT2D eigenvalue weighted by molar-refractivity contribution is 7.87. The molecule has 0 aromatic carbocycles. The van der Waals surface area contributed by atoms with E-state index in [0.717, 1.165) is 0 Å². The normalized spacial score (nSPS) is 15.9. The minimum absolute atomic E-state index is 2.62. The number of halogens is 20. The van der Waals surface area contributed by atoms with E-state index >= 15 is 0 Å². The minimum atomic E-state index is -8.14. The van der Waals surface area contributed by atoms with Gasteiger partial charge in [0.2, 0.25) is 0 Å². The standard InChI is InChI=1S/C16H10F20O7S/c17-7(18)11(25,26)13(29,30)9(21,22)2-42-5(37)1-4(44(39,40)41)6(38)43-3-10(23,24)14(31,32)16(35,36)15(33,34)12(27,28)8(19)20/h4,7-8H,1-3H2,(H,39,40,41). The summed E-state index contributed by atoms with van der Waals surface area (Å²) in [6, 6.07) is 0. The van der Waals surface area contributed by atoms with Crippen LogP contribution in [0.5, 0.6) is 0 Å². The number of esters is 2. The fraction of sp³-hybridized carbons (Fsp3) is 0.875. The van der Waals surface area contributed by atoms with Gasteiger partial charge in [-0.2, -0.15) is 78.7 Å². The predicted molar refractivity (Wildman–Crippen MR) is 93.5 cm³/mol. The molecular formula is C16H10F20O7S. The minimum Gasteiger partial charge on any atom is -0.459 e. The van der Waals surface area contributed by atoms with Gasteiger partial charge in [0.1, 0.15) is 0 Å². The molecule has 0 aliphatic carbocycles. The number of ether oxygens (including phenoxy) is 2. The Morgan fingerprint density at radius 1 is 0.568 bits per heavy atom. The van der Waals surface area contributed by atoms with Gasteiger partial charge in [-0.1, -0.05) is 0 Å². The Bertz CT molecular complexity index is 1150. The van der Waals surface area contributed by atoms with Crippen molar-refractivity contribution in [2.75, 3.05) is 13.2 Å². The molecule has 0 fully saturated rings. The lowest BCUT2D eigenvalue weighted by atomic mass is 9.94. The van der Waals surface area contributed by atoms with Crippen molar-refractivity contribution in [2.24, 2.45) is 0 Å². The molecule has 0 spiro atoms. The van der Waals surface area contributed by atoms with Gasteiger partial charge in [-0.15, -0.1) is 0 Å². The maximum absolute atomic E-state index is 13.7. The largest absolute Gasteiger partial charge is 0.459 e. The third-order valence-electron chi connectivity index (χ3n) is 4.88. The van der Waals surface area contributed by atoms with Crippen molar-refractivity contribution in [1.82, 2.24) is 0 Å². The molecule has 0 radical (unpaired) electrons. The number of hydrogen-bond donors (Lipinski definition) is 1. The van der Waals surface area contributed by atoms with E-state index < -0.39 is 107 Å². The average molecular weight is 726 g/mol. The Labute approximate surface area is 228 Å². The van der Waals surface area contributed by atoms with Gasteiger partial charge < -0.3 is 9.47 Å². The van der Waals surface area contributed by atoms with E-state index in [4.69, 9.17) is 4.55 Å². The zero-order chi connectivity index (χ0) is 35.9. The van der Waals surface area contributed by atoms with Crippen LogP contribution in [0, 0.1) is 0 Å².